The van der Waals surface area contributed by atoms with Gasteiger partial charge < -0.3 is 4.74 Å². The number of hydrogen-bond donors (Lipinski definition) is 1. The zero-order chi connectivity index (χ0) is 17.2. The van der Waals surface area contributed by atoms with Gasteiger partial charge in [0.05, 0.1) is 5.56 Å². The van der Waals surface area contributed by atoms with Crippen LogP contribution in [0.4, 0.5) is 23.7 Å². The molecule has 0 aromatic heterocycles. The normalized spacial score (nSPS) is 27.2. The van der Waals surface area contributed by atoms with Crippen molar-refractivity contribution in [3.05, 3.63) is 29.8 Å². The molecule has 0 bridgehead atoms. The van der Waals surface area contributed by atoms with E-state index >= 15 is 0 Å². The number of amides is 1. The van der Waals surface area contributed by atoms with Crippen molar-refractivity contribution in [2.24, 2.45) is 11.8 Å². The molecule has 3 nitrogen and oxygen atoms in total. The van der Waals surface area contributed by atoms with Crippen molar-refractivity contribution >= 4 is 11.8 Å². The molecule has 0 radical (unpaired) electrons. The molecule has 3 rings (SSSR count). The van der Waals surface area contributed by atoms with Crippen LogP contribution >= 0.6 is 0 Å². The number of carbonyl (C=O) groups excluding carboxylic acids is 1. The molecular formula is C18H22F3NO2. The second-order valence-electron chi connectivity index (χ2n) is 6.85. The fourth-order valence-corrected chi connectivity index (χ4v) is 4.01. The van der Waals surface area contributed by atoms with Crippen LogP contribution in [-0.4, -0.2) is 12.2 Å². The van der Waals surface area contributed by atoms with Crippen molar-refractivity contribution < 1.29 is 22.7 Å². The van der Waals surface area contributed by atoms with Crippen molar-refractivity contribution in [1.82, 2.24) is 0 Å². The van der Waals surface area contributed by atoms with Crippen LogP contribution in [0.3, 0.4) is 0 Å². The van der Waals surface area contributed by atoms with E-state index in [0.717, 1.165) is 37.3 Å². The molecule has 0 aliphatic heterocycles. The number of rotatable bonds is 2. The SMILES string of the molecule is O=C(Nc1cccc(C(F)(F)F)c1)O[C@H]1CC[C@@H]2CCCC[C@@H]2C1. The summed E-state index contributed by atoms with van der Waals surface area (Å²) in [5.41, 5.74) is -0.691. The second kappa shape index (κ2) is 7.03. The summed E-state index contributed by atoms with van der Waals surface area (Å²) in [6.45, 7) is 0. The molecule has 6 heteroatoms. The predicted molar refractivity (Wildman–Crippen MR) is 84.6 cm³/mol. The average Bonchev–Trinajstić information content (AvgIpc) is 2.54. The van der Waals surface area contributed by atoms with E-state index in [4.69, 9.17) is 4.74 Å². The largest absolute Gasteiger partial charge is 0.446 e. The monoisotopic (exact) mass is 341 g/mol. The number of hydrogen-bond acceptors (Lipinski definition) is 2. The molecule has 2 aliphatic carbocycles. The number of anilines is 1. The predicted octanol–water partition coefficient (Wildman–Crippen LogP) is 5.61. The lowest BCUT2D eigenvalue weighted by Gasteiger charge is -2.38. The van der Waals surface area contributed by atoms with Crippen molar-refractivity contribution in [3.8, 4) is 0 Å². The van der Waals surface area contributed by atoms with E-state index < -0.39 is 17.8 Å². The Bertz CT molecular complexity index is 588. The van der Waals surface area contributed by atoms with Crippen LogP contribution in [0.1, 0.15) is 50.5 Å². The van der Waals surface area contributed by atoms with Crippen LogP contribution in [0, 0.1) is 11.8 Å². The van der Waals surface area contributed by atoms with Crippen LogP contribution < -0.4 is 5.32 Å². The third-order valence-electron chi connectivity index (χ3n) is 5.20. The van der Waals surface area contributed by atoms with Crippen LogP contribution in [0.5, 0.6) is 0 Å². The molecule has 1 aromatic rings. The number of halogens is 3. The third kappa shape index (κ3) is 4.22. The minimum atomic E-state index is -4.43. The second-order valence-corrected chi connectivity index (χ2v) is 6.85. The maximum absolute atomic E-state index is 12.7. The molecule has 0 spiro atoms. The minimum Gasteiger partial charge on any atom is -0.446 e. The standard InChI is InChI=1S/C18H22F3NO2/c19-18(20,21)14-6-3-7-15(11-14)22-17(23)24-16-9-8-12-4-1-2-5-13(12)10-16/h3,6-7,11-13,16H,1-2,4-5,8-10H2,(H,22,23)/t12-,13+,16-/m0/s1. The molecular weight excluding hydrogens is 319 g/mol. The van der Waals surface area contributed by atoms with Gasteiger partial charge in [-0.15, -0.1) is 0 Å². The smallest absolute Gasteiger partial charge is 0.416 e. The maximum atomic E-state index is 12.7. The van der Waals surface area contributed by atoms with E-state index in [9.17, 15) is 18.0 Å². The Morgan fingerprint density at radius 3 is 2.58 bits per heavy atom. The van der Waals surface area contributed by atoms with Gasteiger partial charge in [-0.05, 0) is 49.3 Å². The average molecular weight is 341 g/mol. The number of fused-ring (bicyclic) bond motifs is 1. The topological polar surface area (TPSA) is 38.3 Å². The summed E-state index contributed by atoms with van der Waals surface area (Å²) < 4.78 is 43.5. The van der Waals surface area contributed by atoms with Gasteiger partial charge in [0.1, 0.15) is 6.10 Å². The van der Waals surface area contributed by atoms with E-state index in [-0.39, 0.29) is 11.8 Å². The third-order valence-corrected chi connectivity index (χ3v) is 5.20. The Labute approximate surface area is 139 Å². The summed E-state index contributed by atoms with van der Waals surface area (Å²) in [6.07, 6.45) is 2.56. The summed E-state index contributed by atoms with van der Waals surface area (Å²) in [6, 6.07) is 4.58. The van der Waals surface area contributed by atoms with Gasteiger partial charge >= 0.3 is 12.3 Å². The highest BCUT2D eigenvalue weighted by Gasteiger charge is 2.34. The van der Waals surface area contributed by atoms with Crippen LogP contribution in [0.15, 0.2) is 24.3 Å². The number of carbonyl (C=O) groups is 1. The van der Waals surface area contributed by atoms with E-state index in [2.05, 4.69) is 5.32 Å². The Hall–Kier alpha value is -1.72. The Balaban J connectivity index is 1.54. The maximum Gasteiger partial charge on any atom is 0.416 e. The zero-order valence-corrected chi connectivity index (χ0v) is 13.4. The highest BCUT2D eigenvalue weighted by atomic mass is 19.4. The number of alkyl halides is 3. The van der Waals surface area contributed by atoms with Crippen molar-refractivity contribution in [1.29, 1.82) is 0 Å². The van der Waals surface area contributed by atoms with Crippen LogP contribution in [-0.2, 0) is 10.9 Å². The van der Waals surface area contributed by atoms with Crippen molar-refractivity contribution in [2.45, 2.75) is 57.2 Å². The van der Waals surface area contributed by atoms with Gasteiger partial charge in [0.2, 0.25) is 0 Å². The first-order valence-corrected chi connectivity index (χ1v) is 8.57. The van der Waals surface area contributed by atoms with E-state index in [0.29, 0.717) is 5.92 Å². The molecule has 0 saturated heterocycles. The molecule has 1 amide bonds. The molecule has 24 heavy (non-hydrogen) atoms. The van der Waals surface area contributed by atoms with E-state index in [1.807, 2.05) is 0 Å². The van der Waals surface area contributed by atoms with Crippen molar-refractivity contribution in [2.75, 3.05) is 5.32 Å². The molecule has 3 atom stereocenters. The fraction of sp³-hybridized carbons (Fsp3) is 0.611. The lowest BCUT2D eigenvalue weighted by Crippen LogP contribution is -2.34. The van der Waals surface area contributed by atoms with Gasteiger partial charge in [0, 0.05) is 5.69 Å². The van der Waals surface area contributed by atoms with Gasteiger partial charge in [-0.3, -0.25) is 5.32 Å². The van der Waals surface area contributed by atoms with E-state index in [1.165, 1.54) is 37.8 Å². The summed E-state index contributed by atoms with van der Waals surface area (Å²) >= 11 is 0. The zero-order valence-electron chi connectivity index (χ0n) is 13.4. The quantitative estimate of drug-likeness (QED) is 0.759. The minimum absolute atomic E-state index is 0.0983. The molecule has 2 aliphatic rings. The van der Waals surface area contributed by atoms with Crippen molar-refractivity contribution in [3.63, 3.8) is 0 Å². The van der Waals surface area contributed by atoms with Gasteiger partial charge in [-0.2, -0.15) is 13.2 Å². The Morgan fingerprint density at radius 2 is 1.83 bits per heavy atom. The highest BCUT2D eigenvalue weighted by molar-refractivity contribution is 5.84. The first-order chi connectivity index (χ1) is 11.4. The van der Waals surface area contributed by atoms with Crippen LogP contribution in [0.2, 0.25) is 0 Å². The summed E-state index contributed by atoms with van der Waals surface area (Å²) in [7, 11) is 0. The molecule has 132 valence electrons. The number of nitrogens with one attached hydrogen (secondary N) is 1. The lowest BCUT2D eigenvalue weighted by atomic mass is 9.70. The first kappa shape index (κ1) is 17.1. The Morgan fingerprint density at radius 1 is 1.08 bits per heavy atom. The number of ether oxygens (including phenoxy) is 1. The molecule has 1 aromatic carbocycles. The highest BCUT2D eigenvalue weighted by Crippen LogP contribution is 2.41. The molecule has 0 unspecified atom stereocenters. The molecule has 0 heterocycles. The van der Waals surface area contributed by atoms with Gasteiger partial charge in [-0.25, -0.2) is 4.79 Å². The van der Waals surface area contributed by atoms with Gasteiger partial charge in [0.25, 0.3) is 0 Å². The Kier molecular flexibility index (Phi) is 5.01. The van der Waals surface area contributed by atoms with Crippen LogP contribution in [0.25, 0.3) is 0 Å². The summed E-state index contributed by atoms with van der Waals surface area (Å²) in [5, 5.41) is 2.41. The fourth-order valence-electron chi connectivity index (χ4n) is 4.01. The molecule has 1 N–H and O–H groups in total. The first-order valence-electron chi connectivity index (χ1n) is 8.57. The summed E-state index contributed by atoms with van der Waals surface area (Å²) in [4.78, 5) is 12.0. The number of benzene rings is 1. The summed E-state index contributed by atoms with van der Waals surface area (Å²) in [5.74, 6) is 1.38. The van der Waals surface area contributed by atoms with E-state index in [1.54, 1.807) is 0 Å². The van der Waals surface area contributed by atoms with Gasteiger partial charge in [0.15, 0.2) is 0 Å². The molecule has 2 saturated carbocycles. The molecule has 2 fully saturated rings. The lowest BCUT2D eigenvalue weighted by molar-refractivity contribution is -0.137. The van der Waals surface area contributed by atoms with Gasteiger partial charge in [-0.1, -0.05) is 31.7 Å².